The number of carbonyl (C=O) groups excluding carboxylic acids is 2. The van der Waals surface area contributed by atoms with E-state index in [-0.39, 0.29) is 23.4 Å². The fourth-order valence-electron chi connectivity index (χ4n) is 4.79. The van der Waals surface area contributed by atoms with Gasteiger partial charge in [0.05, 0.1) is 10.6 Å². The van der Waals surface area contributed by atoms with Gasteiger partial charge in [-0.2, -0.15) is 0 Å². The van der Waals surface area contributed by atoms with Gasteiger partial charge in [0, 0.05) is 28.2 Å². The summed E-state index contributed by atoms with van der Waals surface area (Å²) in [6.45, 7) is 2.94. The van der Waals surface area contributed by atoms with Gasteiger partial charge < -0.3 is 10.2 Å². The summed E-state index contributed by atoms with van der Waals surface area (Å²) >= 11 is 12.9. The van der Waals surface area contributed by atoms with Crippen LogP contribution in [0.5, 0.6) is 0 Å². The second kappa shape index (κ2) is 13.1. The minimum atomic E-state index is -4.12. The SMILES string of the molecule is Cc1ccc(N(CC(=O)N(Cc2c(Cl)cccc2Cl)[C@H](C)C(=O)NC2CCCC2)S(=O)(=O)c2ccccc2)cc1. The molecule has 4 rings (SSSR count). The molecule has 0 spiro atoms. The summed E-state index contributed by atoms with van der Waals surface area (Å²) in [4.78, 5) is 28.7. The highest BCUT2D eigenvalue weighted by Crippen LogP contribution is 2.28. The molecule has 3 aromatic carbocycles. The zero-order chi connectivity index (χ0) is 28.9. The van der Waals surface area contributed by atoms with E-state index in [9.17, 15) is 18.0 Å². The van der Waals surface area contributed by atoms with E-state index in [2.05, 4.69) is 5.32 Å². The number of anilines is 1. The van der Waals surface area contributed by atoms with Crippen molar-refractivity contribution >= 4 is 50.7 Å². The van der Waals surface area contributed by atoms with Crippen molar-refractivity contribution in [2.75, 3.05) is 10.8 Å². The fraction of sp³-hybridized carbons (Fsp3) is 0.333. The lowest BCUT2D eigenvalue weighted by Crippen LogP contribution is -2.52. The van der Waals surface area contributed by atoms with Gasteiger partial charge in [-0.25, -0.2) is 8.42 Å². The van der Waals surface area contributed by atoms with Crippen molar-refractivity contribution in [1.29, 1.82) is 0 Å². The zero-order valence-electron chi connectivity index (χ0n) is 22.5. The number of carbonyl (C=O) groups is 2. The summed E-state index contributed by atoms with van der Waals surface area (Å²) in [5.74, 6) is -0.874. The van der Waals surface area contributed by atoms with E-state index >= 15 is 0 Å². The molecule has 0 aromatic heterocycles. The summed E-state index contributed by atoms with van der Waals surface area (Å²) in [6.07, 6.45) is 3.86. The van der Waals surface area contributed by atoms with E-state index in [4.69, 9.17) is 23.2 Å². The Bertz CT molecular complexity index is 1420. The van der Waals surface area contributed by atoms with Crippen molar-refractivity contribution in [3.63, 3.8) is 0 Å². The third kappa shape index (κ3) is 6.97. The number of hydrogen-bond acceptors (Lipinski definition) is 4. The van der Waals surface area contributed by atoms with Crippen LogP contribution in [0.3, 0.4) is 0 Å². The molecule has 1 N–H and O–H groups in total. The van der Waals surface area contributed by atoms with Crippen LogP contribution >= 0.6 is 23.2 Å². The number of sulfonamides is 1. The predicted molar refractivity (Wildman–Crippen MR) is 159 cm³/mol. The van der Waals surface area contributed by atoms with Gasteiger partial charge in [0.1, 0.15) is 12.6 Å². The largest absolute Gasteiger partial charge is 0.352 e. The van der Waals surface area contributed by atoms with Crippen LogP contribution in [0.4, 0.5) is 5.69 Å². The Hall–Kier alpha value is -3.07. The normalized spacial score (nSPS) is 14.5. The highest BCUT2D eigenvalue weighted by atomic mass is 35.5. The van der Waals surface area contributed by atoms with Crippen molar-refractivity contribution in [3.05, 3.63) is 94.0 Å². The molecule has 0 unspecified atom stereocenters. The first-order valence-electron chi connectivity index (χ1n) is 13.2. The summed E-state index contributed by atoms with van der Waals surface area (Å²) in [5.41, 5.74) is 1.76. The molecule has 7 nitrogen and oxygen atoms in total. The second-order valence-electron chi connectivity index (χ2n) is 10.0. The fourth-order valence-corrected chi connectivity index (χ4v) is 6.74. The molecular weight excluding hydrogens is 569 g/mol. The number of halogens is 2. The van der Waals surface area contributed by atoms with E-state index in [1.807, 2.05) is 6.92 Å². The molecule has 2 amide bonds. The standard InChI is InChI=1S/C30H33Cl2N3O4S/c1-21-15-17-24(18-16-21)35(40(38,39)25-11-4-3-5-12-25)20-29(36)34(19-26-27(31)13-8-14-28(26)32)22(2)30(37)33-23-9-6-7-10-23/h3-5,8,11-18,22-23H,6-7,9-10,19-20H2,1-2H3,(H,33,37)/t22-/m1/s1. The third-order valence-corrected chi connectivity index (χ3v) is 9.69. The number of hydrogen-bond donors (Lipinski definition) is 1. The number of amides is 2. The molecule has 3 aromatic rings. The van der Waals surface area contributed by atoms with Crippen molar-refractivity contribution in [2.24, 2.45) is 0 Å². The lowest BCUT2D eigenvalue weighted by molar-refractivity contribution is -0.139. The molecule has 1 aliphatic rings. The first kappa shape index (κ1) is 29.9. The molecule has 40 heavy (non-hydrogen) atoms. The third-order valence-electron chi connectivity index (χ3n) is 7.19. The molecule has 0 radical (unpaired) electrons. The second-order valence-corrected chi connectivity index (χ2v) is 12.7. The van der Waals surface area contributed by atoms with Gasteiger partial charge in [0.15, 0.2) is 0 Å². The van der Waals surface area contributed by atoms with Crippen LogP contribution < -0.4 is 9.62 Å². The Morgan fingerprint density at radius 1 is 0.925 bits per heavy atom. The van der Waals surface area contributed by atoms with Gasteiger partial charge in [-0.15, -0.1) is 0 Å². The molecule has 1 atom stereocenters. The van der Waals surface area contributed by atoms with Crippen molar-refractivity contribution in [3.8, 4) is 0 Å². The van der Waals surface area contributed by atoms with Gasteiger partial charge in [-0.3, -0.25) is 13.9 Å². The number of nitrogens with zero attached hydrogens (tertiary/aromatic N) is 2. The van der Waals surface area contributed by atoms with E-state index in [0.717, 1.165) is 35.6 Å². The van der Waals surface area contributed by atoms with Gasteiger partial charge in [-0.1, -0.05) is 78.0 Å². The number of aryl methyl sites for hydroxylation is 1. The maximum atomic E-state index is 14.0. The van der Waals surface area contributed by atoms with Crippen LogP contribution in [0.25, 0.3) is 0 Å². The number of benzene rings is 3. The van der Waals surface area contributed by atoms with Crippen LogP contribution in [0.2, 0.25) is 10.0 Å². The predicted octanol–water partition coefficient (Wildman–Crippen LogP) is 5.97. The van der Waals surface area contributed by atoms with E-state index < -0.39 is 28.5 Å². The molecule has 1 fully saturated rings. The first-order valence-corrected chi connectivity index (χ1v) is 15.4. The number of nitrogens with one attached hydrogen (secondary N) is 1. The van der Waals surface area contributed by atoms with Crippen LogP contribution in [0.1, 0.15) is 43.7 Å². The van der Waals surface area contributed by atoms with Crippen LogP contribution in [0, 0.1) is 6.92 Å². The molecule has 0 bridgehead atoms. The van der Waals surface area contributed by atoms with Crippen LogP contribution in [-0.2, 0) is 26.2 Å². The van der Waals surface area contributed by atoms with Gasteiger partial charge in [0.2, 0.25) is 11.8 Å². The van der Waals surface area contributed by atoms with Gasteiger partial charge in [-0.05, 0) is 63.1 Å². The molecule has 1 aliphatic carbocycles. The van der Waals surface area contributed by atoms with E-state index in [0.29, 0.717) is 21.3 Å². The quantitative estimate of drug-likeness (QED) is 0.310. The summed E-state index contributed by atoms with van der Waals surface area (Å²) in [6, 6.07) is 19.0. The average molecular weight is 603 g/mol. The van der Waals surface area contributed by atoms with Gasteiger partial charge in [0.25, 0.3) is 10.0 Å². The Labute approximate surface area is 246 Å². The summed E-state index contributed by atoms with van der Waals surface area (Å²) in [5, 5.41) is 3.74. The Balaban J connectivity index is 1.70. The van der Waals surface area contributed by atoms with Crippen LogP contribution in [0.15, 0.2) is 77.7 Å². The lowest BCUT2D eigenvalue weighted by Gasteiger charge is -2.33. The molecule has 1 saturated carbocycles. The Morgan fingerprint density at radius 2 is 1.52 bits per heavy atom. The molecule has 0 aliphatic heterocycles. The Kier molecular flexibility index (Phi) is 9.77. The molecule has 0 saturated heterocycles. The lowest BCUT2D eigenvalue weighted by atomic mass is 10.1. The first-order chi connectivity index (χ1) is 19.1. The summed E-state index contributed by atoms with van der Waals surface area (Å²) < 4.78 is 28.7. The minimum absolute atomic E-state index is 0.0519. The van der Waals surface area contributed by atoms with E-state index in [1.54, 1.807) is 67.6 Å². The maximum absolute atomic E-state index is 14.0. The van der Waals surface area contributed by atoms with E-state index in [1.165, 1.54) is 17.0 Å². The average Bonchev–Trinajstić information content (AvgIpc) is 3.45. The monoisotopic (exact) mass is 601 g/mol. The maximum Gasteiger partial charge on any atom is 0.264 e. The molecule has 10 heteroatoms. The van der Waals surface area contributed by atoms with Gasteiger partial charge >= 0.3 is 0 Å². The van der Waals surface area contributed by atoms with Crippen molar-refractivity contribution in [1.82, 2.24) is 10.2 Å². The Morgan fingerprint density at radius 3 is 2.12 bits per heavy atom. The van der Waals surface area contributed by atoms with Crippen LogP contribution in [-0.4, -0.2) is 43.8 Å². The zero-order valence-corrected chi connectivity index (χ0v) is 24.8. The molecular formula is C30H33Cl2N3O4S. The number of rotatable bonds is 10. The van der Waals surface area contributed by atoms with Crippen molar-refractivity contribution in [2.45, 2.75) is 63.1 Å². The topological polar surface area (TPSA) is 86.8 Å². The highest BCUT2D eigenvalue weighted by molar-refractivity contribution is 7.92. The highest BCUT2D eigenvalue weighted by Gasteiger charge is 2.33. The minimum Gasteiger partial charge on any atom is -0.352 e. The summed E-state index contributed by atoms with van der Waals surface area (Å²) in [7, 11) is -4.12. The molecule has 212 valence electrons. The smallest absolute Gasteiger partial charge is 0.264 e. The van der Waals surface area contributed by atoms with Crippen molar-refractivity contribution < 1.29 is 18.0 Å². The molecule has 0 heterocycles.